The molecule has 0 aromatic carbocycles. The molecule has 0 amide bonds. The molecule has 1 aliphatic heterocycles. The maximum atomic E-state index is 11.5. The molecule has 1 fully saturated rings. The number of piperidine rings is 1. The lowest BCUT2D eigenvalue weighted by Gasteiger charge is -2.33. The first-order chi connectivity index (χ1) is 7.71. The summed E-state index contributed by atoms with van der Waals surface area (Å²) in [6.45, 7) is 5.22. The van der Waals surface area contributed by atoms with Gasteiger partial charge in [-0.2, -0.15) is 0 Å². The van der Waals surface area contributed by atoms with E-state index in [1.54, 1.807) is 0 Å². The van der Waals surface area contributed by atoms with Crippen molar-refractivity contribution in [3.8, 4) is 0 Å². The predicted molar refractivity (Wildman–Crippen MR) is 64.3 cm³/mol. The van der Waals surface area contributed by atoms with Crippen molar-refractivity contribution in [2.24, 2.45) is 5.92 Å². The number of likely N-dealkylation sites (N-methyl/N-ethyl adjacent to an activating group) is 1. The highest BCUT2D eigenvalue weighted by molar-refractivity contribution is 5.75. The molecule has 0 aromatic rings. The summed E-state index contributed by atoms with van der Waals surface area (Å²) in [5, 5.41) is 3.02. The fraction of sp³-hybridized carbons (Fsp3) is 0.917. The van der Waals surface area contributed by atoms with Gasteiger partial charge < -0.3 is 15.0 Å². The highest BCUT2D eigenvalue weighted by atomic mass is 16.5. The Morgan fingerprint density at radius 3 is 2.94 bits per heavy atom. The molecule has 0 saturated carbocycles. The first-order valence-electron chi connectivity index (χ1n) is 6.18. The summed E-state index contributed by atoms with van der Waals surface area (Å²) >= 11 is 0. The smallest absolute Gasteiger partial charge is 0.324 e. The molecular formula is C12H24N2O2. The zero-order valence-electron chi connectivity index (χ0n) is 10.7. The molecule has 0 aromatic heterocycles. The Morgan fingerprint density at radius 1 is 1.62 bits per heavy atom. The fourth-order valence-electron chi connectivity index (χ4n) is 2.33. The monoisotopic (exact) mass is 228 g/mol. The molecule has 16 heavy (non-hydrogen) atoms. The SMILES string of the molecule is CCC1CCCN(CC(NC)C(=O)OC)C1. The number of likely N-dealkylation sites (tertiary alicyclic amines) is 1. The molecule has 2 atom stereocenters. The number of hydrogen-bond donors (Lipinski definition) is 1. The normalized spacial score (nSPS) is 24.1. The molecule has 0 spiro atoms. The van der Waals surface area contributed by atoms with E-state index >= 15 is 0 Å². The average molecular weight is 228 g/mol. The summed E-state index contributed by atoms with van der Waals surface area (Å²) in [5.74, 6) is 0.630. The van der Waals surface area contributed by atoms with Gasteiger partial charge in [0.2, 0.25) is 0 Å². The van der Waals surface area contributed by atoms with Crippen LogP contribution in [0.1, 0.15) is 26.2 Å². The van der Waals surface area contributed by atoms with Gasteiger partial charge >= 0.3 is 5.97 Å². The number of ether oxygens (including phenoxy) is 1. The van der Waals surface area contributed by atoms with E-state index in [0.717, 1.165) is 25.6 Å². The van der Waals surface area contributed by atoms with Gasteiger partial charge in [-0.3, -0.25) is 4.79 Å². The van der Waals surface area contributed by atoms with Crippen molar-refractivity contribution < 1.29 is 9.53 Å². The van der Waals surface area contributed by atoms with Crippen LogP contribution in [0.3, 0.4) is 0 Å². The molecule has 1 saturated heterocycles. The summed E-state index contributed by atoms with van der Waals surface area (Å²) < 4.78 is 4.77. The average Bonchev–Trinajstić information content (AvgIpc) is 2.35. The second kappa shape index (κ2) is 6.86. The van der Waals surface area contributed by atoms with Crippen LogP contribution in [0.25, 0.3) is 0 Å². The molecule has 0 aliphatic carbocycles. The largest absolute Gasteiger partial charge is 0.468 e. The summed E-state index contributed by atoms with van der Waals surface area (Å²) in [4.78, 5) is 13.8. The van der Waals surface area contributed by atoms with E-state index in [9.17, 15) is 4.79 Å². The minimum Gasteiger partial charge on any atom is -0.468 e. The molecule has 0 bridgehead atoms. The van der Waals surface area contributed by atoms with E-state index < -0.39 is 0 Å². The minimum atomic E-state index is -0.194. The lowest BCUT2D eigenvalue weighted by molar-refractivity contribution is -0.143. The van der Waals surface area contributed by atoms with Gasteiger partial charge in [0, 0.05) is 13.1 Å². The molecule has 4 nitrogen and oxygen atoms in total. The molecule has 0 radical (unpaired) electrons. The molecule has 1 rings (SSSR count). The Morgan fingerprint density at radius 2 is 2.38 bits per heavy atom. The molecular weight excluding hydrogens is 204 g/mol. The van der Waals surface area contributed by atoms with E-state index in [0.29, 0.717) is 0 Å². The number of carbonyl (C=O) groups excluding carboxylic acids is 1. The van der Waals surface area contributed by atoms with Gasteiger partial charge in [-0.25, -0.2) is 0 Å². The quantitative estimate of drug-likeness (QED) is 0.709. The Kier molecular flexibility index (Phi) is 5.77. The first-order valence-corrected chi connectivity index (χ1v) is 6.18. The molecule has 1 N–H and O–H groups in total. The number of esters is 1. The Labute approximate surface area is 98.3 Å². The summed E-state index contributed by atoms with van der Waals surface area (Å²) in [5.41, 5.74) is 0. The van der Waals surface area contributed by atoms with Crippen LogP contribution >= 0.6 is 0 Å². The Hall–Kier alpha value is -0.610. The predicted octanol–water partition coefficient (Wildman–Crippen LogP) is 0.869. The van der Waals surface area contributed by atoms with Gasteiger partial charge in [-0.05, 0) is 32.4 Å². The maximum Gasteiger partial charge on any atom is 0.324 e. The van der Waals surface area contributed by atoms with Crippen molar-refractivity contribution in [2.75, 3.05) is 33.8 Å². The van der Waals surface area contributed by atoms with Gasteiger partial charge in [-0.1, -0.05) is 13.3 Å². The van der Waals surface area contributed by atoms with Crippen LogP contribution in [0.5, 0.6) is 0 Å². The van der Waals surface area contributed by atoms with Crippen molar-refractivity contribution >= 4 is 5.97 Å². The van der Waals surface area contributed by atoms with Crippen LogP contribution in [0, 0.1) is 5.92 Å². The van der Waals surface area contributed by atoms with Gasteiger partial charge in [-0.15, -0.1) is 0 Å². The van der Waals surface area contributed by atoms with Crippen molar-refractivity contribution in [3.63, 3.8) is 0 Å². The van der Waals surface area contributed by atoms with E-state index in [1.165, 1.54) is 26.4 Å². The summed E-state index contributed by atoms with van der Waals surface area (Å²) in [6, 6.07) is -0.194. The fourth-order valence-corrected chi connectivity index (χ4v) is 2.33. The van der Waals surface area contributed by atoms with Crippen LogP contribution in [0.15, 0.2) is 0 Å². The number of hydrogen-bond acceptors (Lipinski definition) is 4. The van der Waals surface area contributed by atoms with Crippen LogP contribution in [0.2, 0.25) is 0 Å². The maximum absolute atomic E-state index is 11.5. The van der Waals surface area contributed by atoms with Gasteiger partial charge in [0.25, 0.3) is 0 Å². The number of nitrogens with zero attached hydrogens (tertiary/aromatic N) is 1. The molecule has 4 heteroatoms. The minimum absolute atomic E-state index is 0.166. The molecule has 1 heterocycles. The number of nitrogens with one attached hydrogen (secondary N) is 1. The highest BCUT2D eigenvalue weighted by Crippen LogP contribution is 2.19. The second-order valence-corrected chi connectivity index (χ2v) is 4.54. The van der Waals surface area contributed by atoms with Gasteiger partial charge in [0.05, 0.1) is 7.11 Å². The van der Waals surface area contributed by atoms with Gasteiger partial charge in [0.1, 0.15) is 6.04 Å². The topological polar surface area (TPSA) is 41.6 Å². The van der Waals surface area contributed by atoms with E-state index in [1.807, 2.05) is 7.05 Å². The van der Waals surface area contributed by atoms with Crippen molar-refractivity contribution in [1.82, 2.24) is 10.2 Å². The summed E-state index contributed by atoms with van der Waals surface area (Å²) in [6.07, 6.45) is 3.81. The number of rotatable bonds is 5. The molecule has 2 unspecified atom stereocenters. The van der Waals surface area contributed by atoms with Crippen molar-refractivity contribution in [2.45, 2.75) is 32.2 Å². The second-order valence-electron chi connectivity index (χ2n) is 4.54. The van der Waals surface area contributed by atoms with Gasteiger partial charge in [0.15, 0.2) is 0 Å². The first kappa shape index (κ1) is 13.5. The van der Waals surface area contributed by atoms with E-state index in [4.69, 9.17) is 4.74 Å². The third-order valence-corrected chi connectivity index (χ3v) is 3.46. The van der Waals surface area contributed by atoms with E-state index in [2.05, 4.69) is 17.1 Å². The molecule has 94 valence electrons. The van der Waals surface area contributed by atoms with Crippen LogP contribution in [-0.4, -0.2) is 50.7 Å². The van der Waals surface area contributed by atoms with Crippen LogP contribution in [0.4, 0.5) is 0 Å². The zero-order valence-corrected chi connectivity index (χ0v) is 10.7. The number of methoxy groups -OCH3 is 1. The third-order valence-electron chi connectivity index (χ3n) is 3.46. The van der Waals surface area contributed by atoms with E-state index in [-0.39, 0.29) is 12.0 Å². The Bertz CT molecular complexity index is 221. The summed E-state index contributed by atoms with van der Waals surface area (Å²) in [7, 11) is 3.25. The highest BCUT2D eigenvalue weighted by Gasteiger charge is 2.24. The van der Waals surface area contributed by atoms with Crippen molar-refractivity contribution in [3.05, 3.63) is 0 Å². The number of carbonyl (C=O) groups is 1. The molecule has 1 aliphatic rings. The standard InChI is InChI=1S/C12H24N2O2/c1-4-10-6-5-7-14(8-10)9-11(13-2)12(15)16-3/h10-11,13H,4-9H2,1-3H3. The van der Waals surface area contributed by atoms with Crippen molar-refractivity contribution in [1.29, 1.82) is 0 Å². The van der Waals surface area contributed by atoms with Crippen LogP contribution in [-0.2, 0) is 9.53 Å². The van der Waals surface area contributed by atoms with Crippen LogP contribution < -0.4 is 5.32 Å². The third kappa shape index (κ3) is 3.76. The Balaban J connectivity index is 2.42. The lowest BCUT2D eigenvalue weighted by Crippen LogP contribution is -2.48. The zero-order chi connectivity index (χ0) is 12.0. The lowest BCUT2D eigenvalue weighted by atomic mass is 9.95.